The molecule has 0 amide bonds. The lowest BCUT2D eigenvalue weighted by Crippen LogP contribution is -2.39. The van der Waals surface area contributed by atoms with E-state index in [1.54, 1.807) is 24.3 Å². The summed E-state index contributed by atoms with van der Waals surface area (Å²) in [7, 11) is -3.94. The van der Waals surface area contributed by atoms with E-state index in [1.165, 1.54) is 24.3 Å². The molecule has 0 radical (unpaired) electrons. The van der Waals surface area contributed by atoms with Crippen molar-refractivity contribution >= 4 is 39.0 Å². The summed E-state index contributed by atoms with van der Waals surface area (Å²) in [5.74, 6) is -2.21. The van der Waals surface area contributed by atoms with Crippen molar-refractivity contribution in [1.82, 2.24) is 0 Å². The molecule has 0 saturated heterocycles. The van der Waals surface area contributed by atoms with Crippen LogP contribution in [0.5, 0.6) is 0 Å². The van der Waals surface area contributed by atoms with Crippen LogP contribution in [0.15, 0.2) is 53.4 Å². The van der Waals surface area contributed by atoms with Crippen LogP contribution in [0.1, 0.15) is 11.5 Å². The van der Waals surface area contributed by atoms with Crippen LogP contribution in [0.4, 0.5) is 0 Å². The quantitative estimate of drug-likeness (QED) is 0.842. The topological polar surface area (TPSA) is 97.5 Å². The summed E-state index contributed by atoms with van der Waals surface area (Å²) in [5, 5.41) is 9.08. The van der Waals surface area contributed by atoms with Crippen LogP contribution in [0.2, 0.25) is 10.0 Å². The molecule has 1 fully saturated rings. The highest BCUT2D eigenvalue weighted by molar-refractivity contribution is 7.92. The van der Waals surface area contributed by atoms with Crippen molar-refractivity contribution in [3.05, 3.63) is 64.1 Å². The van der Waals surface area contributed by atoms with Gasteiger partial charge in [-0.25, -0.2) is 8.42 Å². The maximum Gasteiger partial charge on any atom is 0.325 e. The smallest absolute Gasteiger partial charge is 0.325 e. The third kappa shape index (κ3) is 2.59. The predicted octanol–water partition coefficient (Wildman–Crippen LogP) is 2.72. The van der Waals surface area contributed by atoms with Crippen molar-refractivity contribution in [3.63, 3.8) is 0 Å². The Morgan fingerprint density at radius 3 is 1.92 bits per heavy atom. The van der Waals surface area contributed by atoms with Gasteiger partial charge < -0.3 is 10.8 Å². The van der Waals surface area contributed by atoms with E-state index in [0.717, 1.165) is 0 Å². The molecule has 8 heteroatoms. The van der Waals surface area contributed by atoms with Crippen LogP contribution in [-0.4, -0.2) is 30.3 Å². The molecule has 0 bridgehead atoms. The minimum atomic E-state index is -3.94. The summed E-state index contributed by atoms with van der Waals surface area (Å²) in [6, 6.07) is 11.9. The van der Waals surface area contributed by atoms with Crippen LogP contribution in [-0.2, 0) is 14.6 Å². The Kier molecular flexibility index (Phi) is 4.12. The van der Waals surface area contributed by atoms with Crippen LogP contribution in [0.3, 0.4) is 0 Å². The van der Waals surface area contributed by atoms with E-state index >= 15 is 0 Å². The van der Waals surface area contributed by atoms with E-state index < -0.39 is 32.5 Å². The molecule has 0 aromatic heterocycles. The Morgan fingerprint density at radius 2 is 1.46 bits per heavy atom. The highest BCUT2D eigenvalue weighted by atomic mass is 35.5. The molecular weight excluding hydrogens is 373 g/mol. The summed E-state index contributed by atoms with van der Waals surface area (Å²) < 4.78 is 25.7. The van der Waals surface area contributed by atoms with Crippen molar-refractivity contribution in [1.29, 1.82) is 0 Å². The summed E-state index contributed by atoms with van der Waals surface area (Å²) in [4.78, 5) is 11.6. The van der Waals surface area contributed by atoms with Crippen molar-refractivity contribution < 1.29 is 18.3 Å². The molecule has 1 saturated carbocycles. The van der Waals surface area contributed by atoms with Gasteiger partial charge in [0.1, 0.15) is 10.8 Å². The number of nitrogens with two attached hydrogens (primary N) is 1. The molecule has 3 atom stereocenters. The average Bonchev–Trinajstić information content (AvgIpc) is 3.17. The molecular formula is C16H13Cl2NO4S. The third-order valence-electron chi connectivity index (χ3n) is 4.26. The maximum atomic E-state index is 12.9. The largest absolute Gasteiger partial charge is 0.480 e. The first kappa shape index (κ1) is 17.2. The van der Waals surface area contributed by atoms with Gasteiger partial charge >= 0.3 is 5.97 Å². The molecule has 0 aliphatic heterocycles. The fourth-order valence-electron chi connectivity index (χ4n) is 2.96. The van der Waals surface area contributed by atoms with E-state index in [-0.39, 0.29) is 4.90 Å². The van der Waals surface area contributed by atoms with E-state index in [1.807, 2.05) is 0 Å². The number of carboxylic acids is 1. The Morgan fingerprint density at radius 1 is 1.00 bits per heavy atom. The van der Waals surface area contributed by atoms with Gasteiger partial charge in [-0.1, -0.05) is 35.3 Å². The second kappa shape index (κ2) is 5.74. The molecule has 24 heavy (non-hydrogen) atoms. The van der Waals surface area contributed by atoms with Crippen LogP contribution < -0.4 is 5.73 Å². The molecule has 2 aromatic carbocycles. The van der Waals surface area contributed by atoms with E-state index in [4.69, 9.17) is 28.9 Å². The zero-order valence-electron chi connectivity index (χ0n) is 12.2. The molecule has 0 spiro atoms. The molecule has 2 aromatic rings. The lowest BCUT2D eigenvalue weighted by molar-refractivity contribution is -0.139. The monoisotopic (exact) mass is 385 g/mol. The minimum Gasteiger partial charge on any atom is -0.480 e. The van der Waals surface area contributed by atoms with Crippen molar-refractivity contribution in [2.45, 2.75) is 21.6 Å². The summed E-state index contributed by atoms with van der Waals surface area (Å²) in [5.41, 5.74) is 4.60. The second-order valence-electron chi connectivity index (χ2n) is 5.69. The highest BCUT2D eigenvalue weighted by Crippen LogP contribution is 2.55. The van der Waals surface area contributed by atoms with Gasteiger partial charge in [-0.15, -0.1) is 0 Å². The molecule has 0 unspecified atom stereocenters. The van der Waals surface area contributed by atoms with E-state index in [0.29, 0.717) is 15.6 Å². The number of hydrogen-bond donors (Lipinski definition) is 2. The van der Waals surface area contributed by atoms with Crippen LogP contribution >= 0.6 is 23.2 Å². The molecule has 3 N–H and O–H groups in total. The SMILES string of the molecule is N[C@@]1(C(=O)O)[C@H](c2ccc(Cl)cc2)[C@@H]1S(=O)(=O)c1ccc(Cl)cc1. The van der Waals surface area contributed by atoms with Gasteiger partial charge in [0.2, 0.25) is 0 Å². The molecule has 3 rings (SSSR count). The Hall–Kier alpha value is -1.60. The standard InChI is InChI=1S/C16H13Cl2NO4S/c17-10-3-1-9(2-4-10)13-14(16(13,19)15(20)21)24(22,23)12-7-5-11(18)6-8-12/h1-8,13-14H,19H2,(H,20,21)/t13-,14+,16+/m1/s1. The van der Waals surface area contributed by atoms with Gasteiger partial charge in [0.05, 0.1) is 4.90 Å². The first-order valence-corrected chi connectivity index (χ1v) is 9.26. The fraction of sp³-hybridized carbons (Fsp3) is 0.188. The highest BCUT2D eigenvalue weighted by Gasteiger charge is 2.74. The Labute approximate surface area is 148 Å². The second-order valence-corrected chi connectivity index (χ2v) is 8.63. The summed E-state index contributed by atoms with van der Waals surface area (Å²) >= 11 is 11.6. The number of carboxylic acid groups (broad SMARTS) is 1. The number of carbonyl (C=O) groups is 1. The lowest BCUT2D eigenvalue weighted by atomic mass is 10.1. The van der Waals surface area contributed by atoms with Gasteiger partial charge in [0.25, 0.3) is 0 Å². The molecule has 0 heterocycles. The normalized spacial score (nSPS) is 26.1. The first-order valence-electron chi connectivity index (χ1n) is 6.96. The molecule has 126 valence electrons. The zero-order chi connectivity index (χ0) is 17.7. The number of benzene rings is 2. The lowest BCUT2D eigenvalue weighted by Gasteiger charge is -2.06. The van der Waals surface area contributed by atoms with Crippen molar-refractivity contribution in [3.8, 4) is 0 Å². The first-order chi connectivity index (χ1) is 11.2. The number of hydrogen-bond acceptors (Lipinski definition) is 4. The molecule has 1 aliphatic carbocycles. The van der Waals surface area contributed by atoms with Gasteiger partial charge in [0, 0.05) is 16.0 Å². The van der Waals surface area contributed by atoms with Crippen molar-refractivity contribution in [2.24, 2.45) is 5.73 Å². The Bertz CT molecular complexity index is 897. The summed E-state index contributed by atoms with van der Waals surface area (Å²) in [6.07, 6.45) is 0. The number of halogens is 2. The van der Waals surface area contributed by atoms with E-state index in [2.05, 4.69) is 0 Å². The van der Waals surface area contributed by atoms with Crippen LogP contribution in [0, 0.1) is 0 Å². The Balaban J connectivity index is 2.06. The minimum absolute atomic E-state index is 0.00978. The van der Waals surface area contributed by atoms with Gasteiger partial charge in [-0.05, 0) is 42.0 Å². The average molecular weight is 386 g/mol. The maximum absolute atomic E-state index is 12.9. The van der Waals surface area contributed by atoms with Gasteiger partial charge in [-0.3, -0.25) is 4.79 Å². The number of rotatable bonds is 4. The predicted molar refractivity (Wildman–Crippen MR) is 91.2 cm³/mol. The van der Waals surface area contributed by atoms with Gasteiger partial charge in [-0.2, -0.15) is 0 Å². The van der Waals surface area contributed by atoms with Crippen LogP contribution in [0.25, 0.3) is 0 Å². The van der Waals surface area contributed by atoms with Crippen molar-refractivity contribution in [2.75, 3.05) is 0 Å². The zero-order valence-corrected chi connectivity index (χ0v) is 14.5. The molecule has 5 nitrogen and oxygen atoms in total. The number of sulfone groups is 1. The van der Waals surface area contributed by atoms with Gasteiger partial charge in [0.15, 0.2) is 9.84 Å². The molecule has 1 aliphatic rings. The fourth-order valence-corrected chi connectivity index (χ4v) is 5.44. The number of aliphatic carboxylic acids is 1. The third-order valence-corrected chi connectivity index (χ3v) is 7.02. The summed E-state index contributed by atoms with van der Waals surface area (Å²) in [6.45, 7) is 0. The van der Waals surface area contributed by atoms with E-state index in [9.17, 15) is 18.3 Å².